The maximum absolute atomic E-state index is 11.7. The second-order valence-corrected chi connectivity index (χ2v) is 4.57. The molecule has 0 aromatic carbocycles. The second-order valence-electron chi connectivity index (χ2n) is 2.28. The summed E-state index contributed by atoms with van der Waals surface area (Å²) < 4.78 is 24.4. The molecule has 0 amide bonds. The molecule has 1 heterocycles. The molecule has 0 spiro atoms. The molecule has 1 rings (SSSR count). The zero-order chi connectivity index (χ0) is 8.97. The van der Waals surface area contributed by atoms with Crippen LogP contribution in [0.25, 0.3) is 0 Å². The molecule has 0 bridgehead atoms. The van der Waals surface area contributed by atoms with E-state index in [4.69, 9.17) is 0 Å². The Balaban J connectivity index is 2.24. The van der Waals surface area contributed by atoms with Crippen LogP contribution in [0.15, 0.2) is 15.2 Å². The van der Waals surface area contributed by atoms with Crippen molar-refractivity contribution < 1.29 is 8.78 Å². The van der Waals surface area contributed by atoms with Crippen LogP contribution >= 0.6 is 27.3 Å². The third-order valence-electron chi connectivity index (χ3n) is 1.25. The van der Waals surface area contributed by atoms with Crippen molar-refractivity contribution in [3.8, 4) is 0 Å². The standard InChI is InChI=1S/C7H8BrF2NS/c8-6-1-5(4-12-6)2-11-3-7(9)10/h1,4,7,11H,2-3H2. The highest BCUT2D eigenvalue weighted by Crippen LogP contribution is 2.20. The third-order valence-corrected chi connectivity index (χ3v) is 2.80. The Morgan fingerprint density at radius 3 is 2.83 bits per heavy atom. The van der Waals surface area contributed by atoms with E-state index in [1.54, 1.807) is 11.3 Å². The Kier molecular flexibility index (Phi) is 4.11. The first-order valence-corrected chi connectivity index (χ1v) is 5.07. The molecule has 0 radical (unpaired) electrons. The number of nitrogens with one attached hydrogen (secondary N) is 1. The van der Waals surface area contributed by atoms with Crippen LogP contribution in [0.2, 0.25) is 0 Å². The Morgan fingerprint density at radius 1 is 1.58 bits per heavy atom. The van der Waals surface area contributed by atoms with Gasteiger partial charge in [-0.3, -0.25) is 0 Å². The van der Waals surface area contributed by atoms with Gasteiger partial charge in [-0.1, -0.05) is 0 Å². The lowest BCUT2D eigenvalue weighted by molar-refractivity contribution is 0.145. The molecule has 1 aromatic rings. The minimum atomic E-state index is -2.27. The van der Waals surface area contributed by atoms with E-state index in [2.05, 4.69) is 21.2 Å². The summed E-state index contributed by atoms with van der Waals surface area (Å²) in [5.41, 5.74) is 1.03. The monoisotopic (exact) mass is 255 g/mol. The van der Waals surface area contributed by atoms with Crippen LogP contribution in [0.4, 0.5) is 8.78 Å². The van der Waals surface area contributed by atoms with Gasteiger partial charge in [-0.2, -0.15) is 0 Å². The molecule has 0 unspecified atom stereocenters. The summed E-state index contributed by atoms with van der Waals surface area (Å²) in [5, 5.41) is 4.58. The number of alkyl halides is 2. The molecule has 0 fully saturated rings. The van der Waals surface area contributed by atoms with Crippen LogP contribution in [-0.2, 0) is 6.54 Å². The van der Waals surface area contributed by atoms with Gasteiger partial charge in [0.25, 0.3) is 6.43 Å². The van der Waals surface area contributed by atoms with Gasteiger partial charge in [0.15, 0.2) is 0 Å². The molecule has 0 aliphatic rings. The molecule has 0 atom stereocenters. The molecule has 5 heteroatoms. The molecule has 12 heavy (non-hydrogen) atoms. The van der Waals surface area contributed by atoms with E-state index in [0.717, 1.165) is 9.35 Å². The van der Waals surface area contributed by atoms with Gasteiger partial charge in [-0.05, 0) is 32.9 Å². The van der Waals surface area contributed by atoms with E-state index >= 15 is 0 Å². The number of hydrogen-bond donors (Lipinski definition) is 1. The Hall–Kier alpha value is -0.000000000000000111. The molecular formula is C7H8BrF2NS. The van der Waals surface area contributed by atoms with Crippen LogP contribution in [-0.4, -0.2) is 13.0 Å². The summed E-state index contributed by atoms with van der Waals surface area (Å²) in [6, 6.07) is 1.92. The van der Waals surface area contributed by atoms with E-state index in [-0.39, 0.29) is 6.54 Å². The Bertz CT molecular complexity index is 239. The van der Waals surface area contributed by atoms with E-state index < -0.39 is 6.43 Å². The summed E-state index contributed by atoms with van der Waals surface area (Å²) in [6.07, 6.45) is -2.27. The molecule has 1 aromatic heterocycles. The van der Waals surface area contributed by atoms with Crippen molar-refractivity contribution in [2.24, 2.45) is 0 Å². The largest absolute Gasteiger partial charge is 0.307 e. The number of rotatable bonds is 4. The average molecular weight is 256 g/mol. The summed E-state index contributed by atoms with van der Waals surface area (Å²) >= 11 is 4.85. The fraction of sp³-hybridized carbons (Fsp3) is 0.429. The third kappa shape index (κ3) is 3.60. The van der Waals surface area contributed by atoms with Gasteiger partial charge < -0.3 is 5.32 Å². The minimum Gasteiger partial charge on any atom is -0.307 e. The van der Waals surface area contributed by atoms with E-state index in [1.165, 1.54) is 0 Å². The first-order valence-electron chi connectivity index (χ1n) is 3.40. The Labute approximate surface area is 81.9 Å². The lowest BCUT2D eigenvalue weighted by Gasteiger charge is -2.00. The molecule has 0 saturated heterocycles. The van der Waals surface area contributed by atoms with Gasteiger partial charge in [0.2, 0.25) is 0 Å². The predicted octanol–water partition coefficient (Wildman–Crippen LogP) is 2.87. The molecular weight excluding hydrogens is 248 g/mol. The summed E-state index contributed by atoms with van der Waals surface area (Å²) in [4.78, 5) is 0. The predicted molar refractivity (Wildman–Crippen MR) is 49.7 cm³/mol. The van der Waals surface area contributed by atoms with E-state index in [0.29, 0.717) is 6.54 Å². The zero-order valence-electron chi connectivity index (χ0n) is 6.19. The average Bonchev–Trinajstić information content (AvgIpc) is 2.35. The van der Waals surface area contributed by atoms with Gasteiger partial charge in [0, 0.05) is 6.54 Å². The molecule has 68 valence electrons. The molecule has 1 N–H and O–H groups in total. The van der Waals surface area contributed by atoms with E-state index in [9.17, 15) is 8.78 Å². The van der Waals surface area contributed by atoms with Gasteiger partial charge in [0.1, 0.15) is 0 Å². The van der Waals surface area contributed by atoms with Crippen LogP contribution in [0.1, 0.15) is 5.56 Å². The highest BCUT2D eigenvalue weighted by atomic mass is 79.9. The first kappa shape index (κ1) is 10.1. The van der Waals surface area contributed by atoms with Crippen LogP contribution in [0.3, 0.4) is 0 Å². The van der Waals surface area contributed by atoms with Crippen molar-refractivity contribution in [2.45, 2.75) is 13.0 Å². The van der Waals surface area contributed by atoms with Gasteiger partial charge in [-0.15, -0.1) is 11.3 Å². The van der Waals surface area contributed by atoms with Crippen molar-refractivity contribution in [2.75, 3.05) is 6.54 Å². The Morgan fingerprint density at radius 2 is 2.33 bits per heavy atom. The van der Waals surface area contributed by atoms with Crippen LogP contribution < -0.4 is 5.32 Å². The van der Waals surface area contributed by atoms with Gasteiger partial charge in [-0.25, -0.2) is 8.78 Å². The minimum absolute atomic E-state index is 0.243. The van der Waals surface area contributed by atoms with Gasteiger partial charge >= 0.3 is 0 Å². The normalized spacial score (nSPS) is 11.0. The number of hydrogen-bond acceptors (Lipinski definition) is 2. The zero-order valence-corrected chi connectivity index (χ0v) is 8.59. The van der Waals surface area contributed by atoms with Crippen molar-refractivity contribution in [1.29, 1.82) is 0 Å². The SMILES string of the molecule is FC(F)CNCc1csc(Br)c1. The fourth-order valence-electron chi connectivity index (χ4n) is 0.764. The second kappa shape index (κ2) is 4.89. The van der Waals surface area contributed by atoms with Crippen molar-refractivity contribution >= 4 is 27.3 Å². The van der Waals surface area contributed by atoms with E-state index in [1.807, 2.05) is 11.4 Å². The summed E-state index contributed by atoms with van der Waals surface area (Å²) in [7, 11) is 0. The lowest BCUT2D eigenvalue weighted by Crippen LogP contribution is -2.20. The quantitative estimate of drug-likeness (QED) is 0.873. The topological polar surface area (TPSA) is 12.0 Å². The van der Waals surface area contributed by atoms with Crippen molar-refractivity contribution in [3.05, 3.63) is 20.8 Å². The van der Waals surface area contributed by atoms with Crippen LogP contribution in [0.5, 0.6) is 0 Å². The molecule has 0 saturated carbocycles. The molecule has 0 aliphatic heterocycles. The first-order chi connectivity index (χ1) is 5.68. The lowest BCUT2D eigenvalue weighted by atomic mass is 10.3. The fourth-order valence-corrected chi connectivity index (χ4v) is 1.97. The summed E-state index contributed by atoms with van der Waals surface area (Å²) in [5.74, 6) is 0. The highest BCUT2D eigenvalue weighted by molar-refractivity contribution is 9.11. The van der Waals surface area contributed by atoms with Gasteiger partial charge in [0.05, 0.1) is 10.3 Å². The van der Waals surface area contributed by atoms with Crippen LogP contribution in [0, 0.1) is 0 Å². The van der Waals surface area contributed by atoms with Crippen molar-refractivity contribution in [3.63, 3.8) is 0 Å². The smallest absolute Gasteiger partial charge is 0.250 e. The molecule has 1 nitrogen and oxygen atoms in total. The number of halogens is 3. The highest BCUT2D eigenvalue weighted by Gasteiger charge is 2.01. The summed E-state index contributed by atoms with van der Waals surface area (Å²) in [6.45, 7) is 0.264. The maximum Gasteiger partial charge on any atom is 0.250 e. The number of thiophene rings is 1. The maximum atomic E-state index is 11.7. The molecule has 0 aliphatic carbocycles. The van der Waals surface area contributed by atoms with Crippen molar-refractivity contribution in [1.82, 2.24) is 5.32 Å².